The van der Waals surface area contributed by atoms with Crippen molar-refractivity contribution in [3.05, 3.63) is 44.1 Å². The molecule has 0 radical (unpaired) electrons. The van der Waals surface area contributed by atoms with Crippen molar-refractivity contribution < 1.29 is 9.47 Å². The van der Waals surface area contributed by atoms with Gasteiger partial charge in [0, 0.05) is 9.35 Å². The van der Waals surface area contributed by atoms with Crippen LogP contribution in [-0.2, 0) is 0 Å². The van der Waals surface area contributed by atoms with E-state index in [4.69, 9.17) is 9.47 Å². The molecule has 5 heteroatoms. The van der Waals surface area contributed by atoms with E-state index in [2.05, 4.69) is 52.6 Å². The molecule has 0 spiro atoms. The van der Waals surface area contributed by atoms with Gasteiger partial charge in [-0.1, -0.05) is 22.9 Å². The van der Waals surface area contributed by atoms with E-state index in [1.54, 1.807) is 11.3 Å². The molecule has 1 N–H and O–H groups in total. The van der Waals surface area contributed by atoms with Gasteiger partial charge in [-0.15, -0.1) is 11.3 Å². The van der Waals surface area contributed by atoms with Crippen LogP contribution in [0.5, 0.6) is 11.5 Å². The topological polar surface area (TPSA) is 30.5 Å². The van der Waals surface area contributed by atoms with Crippen molar-refractivity contribution in [2.75, 3.05) is 19.8 Å². The van der Waals surface area contributed by atoms with E-state index in [1.807, 2.05) is 6.07 Å². The highest BCUT2D eigenvalue weighted by atomic mass is 79.9. The number of rotatable bonds is 4. The first kappa shape index (κ1) is 14.9. The molecule has 2 heterocycles. The van der Waals surface area contributed by atoms with Crippen LogP contribution >= 0.6 is 27.3 Å². The van der Waals surface area contributed by atoms with Crippen LogP contribution in [0, 0.1) is 6.92 Å². The van der Waals surface area contributed by atoms with E-state index in [0.29, 0.717) is 13.2 Å². The molecule has 0 saturated carbocycles. The second-order valence-corrected chi connectivity index (χ2v) is 6.78. The molecule has 1 aliphatic heterocycles. The van der Waals surface area contributed by atoms with Gasteiger partial charge in [-0.25, -0.2) is 0 Å². The fraction of sp³-hybridized carbons (Fsp3) is 0.375. The van der Waals surface area contributed by atoms with E-state index in [1.165, 1.54) is 16.0 Å². The molecular weight excluding hydrogens is 350 g/mol. The molecule has 0 amide bonds. The summed E-state index contributed by atoms with van der Waals surface area (Å²) in [5, 5.41) is 5.71. The average Bonchev–Trinajstić information content (AvgIpc) is 2.90. The quantitative estimate of drug-likeness (QED) is 0.874. The van der Waals surface area contributed by atoms with E-state index in [9.17, 15) is 0 Å². The largest absolute Gasteiger partial charge is 0.486 e. The molecule has 1 atom stereocenters. The third-order valence-electron chi connectivity index (χ3n) is 3.54. The predicted molar refractivity (Wildman–Crippen MR) is 89.7 cm³/mol. The number of fused-ring (bicyclic) bond motifs is 1. The van der Waals surface area contributed by atoms with Gasteiger partial charge in [-0.2, -0.15) is 0 Å². The van der Waals surface area contributed by atoms with Gasteiger partial charge < -0.3 is 14.8 Å². The Morgan fingerprint density at radius 1 is 1.29 bits per heavy atom. The molecular formula is C16H18BrNO2S. The lowest BCUT2D eigenvalue weighted by Crippen LogP contribution is -2.23. The van der Waals surface area contributed by atoms with Gasteiger partial charge in [-0.3, -0.25) is 0 Å². The van der Waals surface area contributed by atoms with Gasteiger partial charge in [0.1, 0.15) is 13.2 Å². The zero-order valence-corrected chi connectivity index (χ0v) is 14.5. The number of aryl methyl sites for hydroxylation is 1. The standard InChI is InChI=1S/C16H18BrNO2S/c1-3-18-15(16-10(2)4-7-21-16)11-8-13-14(9-12(11)17)20-6-5-19-13/h4,7-9,15,18H,3,5-6H2,1-2H3. The predicted octanol–water partition coefficient (Wildman–Crippen LogP) is 4.29. The Hall–Kier alpha value is -1.04. The highest BCUT2D eigenvalue weighted by Crippen LogP contribution is 2.40. The molecule has 112 valence electrons. The van der Waals surface area contributed by atoms with Crippen LogP contribution in [0.15, 0.2) is 28.1 Å². The normalized spacial score (nSPS) is 15.0. The Balaban J connectivity index is 2.05. The lowest BCUT2D eigenvalue weighted by atomic mass is 10.0. The molecule has 3 rings (SSSR count). The first-order valence-corrected chi connectivity index (χ1v) is 8.74. The van der Waals surface area contributed by atoms with Gasteiger partial charge >= 0.3 is 0 Å². The first-order valence-electron chi connectivity index (χ1n) is 7.07. The van der Waals surface area contributed by atoms with Crippen molar-refractivity contribution in [2.24, 2.45) is 0 Å². The fourth-order valence-electron chi connectivity index (χ4n) is 2.53. The molecule has 0 bridgehead atoms. The molecule has 1 unspecified atom stereocenters. The van der Waals surface area contributed by atoms with Gasteiger partial charge in [0.2, 0.25) is 0 Å². The van der Waals surface area contributed by atoms with Crippen LogP contribution in [0.3, 0.4) is 0 Å². The molecule has 1 aromatic carbocycles. The zero-order valence-electron chi connectivity index (χ0n) is 12.1. The Morgan fingerprint density at radius 3 is 2.62 bits per heavy atom. The van der Waals surface area contributed by atoms with Gasteiger partial charge in [0.05, 0.1) is 6.04 Å². The number of hydrogen-bond donors (Lipinski definition) is 1. The Labute approximate surface area is 137 Å². The van der Waals surface area contributed by atoms with E-state index in [0.717, 1.165) is 22.5 Å². The maximum absolute atomic E-state index is 5.72. The van der Waals surface area contributed by atoms with Crippen LogP contribution in [-0.4, -0.2) is 19.8 Å². The SMILES string of the molecule is CCNC(c1cc2c(cc1Br)OCCO2)c1sccc1C. The van der Waals surface area contributed by atoms with Crippen molar-refractivity contribution in [2.45, 2.75) is 19.9 Å². The number of halogens is 1. The minimum Gasteiger partial charge on any atom is -0.486 e. The van der Waals surface area contributed by atoms with Crippen molar-refractivity contribution >= 4 is 27.3 Å². The summed E-state index contributed by atoms with van der Waals surface area (Å²) in [6.45, 7) is 6.41. The van der Waals surface area contributed by atoms with Crippen molar-refractivity contribution in [1.29, 1.82) is 0 Å². The van der Waals surface area contributed by atoms with Crippen molar-refractivity contribution in [3.63, 3.8) is 0 Å². The fourth-order valence-corrected chi connectivity index (χ4v) is 4.10. The summed E-state index contributed by atoms with van der Waals surface area (Å²) in [4.78, 5) is 1.34. The summed E-state index contributed by atoms with van der Waals surface area (Å²) in [6.07, 6.45) is 0. The lowest BCUT2D eigenvalue weighted by molar-refractivity contribution is 0.171. The second kappa shape index (κ2) is 6.38. The summed E-state index contributed by atoms with van der Waals surface area (Å²) < 4.78 is 12.4. The minimum atomic E-state index is 0.167. The number of ether oxygens (including phenoxy) is 2. The summed E-state index contributed by atoms with van der Waals surface area (Å²) in [6, 6.07) is 6.43. The van der Waals surface area contributed by atoms with Gasteiger partial charge in [0.25, 0.3) is 0 Å². The van der Waals surface area contributed by atoms with E-state index >= 15 is 0 Å². The highest BCUT2D eigenvalue weighted by Gasteiger charge is 2.23. The van der Waals surface area contributed by atoms with Crippen LogP contribution < -0.4 is 14.8 Å². The summed E-state index contributed by atoms with van der Waals surface area (Å²) >= 11 is 5.47. The first-order chi connectivity index (χ1) is 10.2. The smallest absolute Gasteiger partial charge is 0.162 e. The molecule has 0 fully saturated rings. The van der Waals surface area contributed by atoms with Crippen LogP contribution in [0.25, 0.3) is 0 Å². The number of thiophene rings is 1. The highest BCUT2D eigenvalue weighted by molar-refractivity contribution is 9.10. The maximum atomic E-state index is 5.72. The Morgan fingerprint density at radius 2 is 2.00 bits per heavy atom. The molecule has 1 aromatic heterocycles. The molecule has 2 aromatic rings. The van der Waals surface area contributed by atoms with Crippen LogP contribution in [0.2, 0.25) is 0 Å². The number of nitrogens with one attached hydrogen (secondary N) is 1. The molecule has 0 aliphatic carbocycles. The zero-order chi connectivity index (χ0) is 14.8. The minimum absolute atomic E-state index is 0.167. The summed E-state index contributed by atoms with van der Waals surface area (Å²) in [5.41, 5.74) is 2.50. The summed E-state index contributed by atoms with van der Waals surface area (Å²) in [5.74, 6) is 1.64. The van der Waals surface area contributed by atoms with Gasteiger partial charge in [-0.05, 0) is 48.2 Å². The van der Waals surface area contributed by atoms with Crippen LogP contribution in [0.1, 0.15) is 29.0 Å². The monoisotopic (exact) mass is 367 g/mol. The van der Waals surface area contributed by atoms with Gasteiger partial charge in [0.15, 0.2) is 11.5 Å². The maximum Gasteiger partial charge on any atom is 0.162 e. The number of hydrogen-bond acceptors (Lipinski definition) is 4. The number of benzene rings is 1. The average molecular weight is 368 g/mol. The van der Waals surface area contributed by atoms with Crippen molar-refractivity contribution in [1.82, 2.24) is 5.32 Å². The van der Waals surface area contributed by atoms with Crippen LogP contribution in [0.4, 0.5) is 0 Å². The lowest BCUT2D eigenvalue weighted by Gasteiger charge is -2.24. The van der Waals surface area contributed by atoms with Crippen molar-refractivity contribution in [3.8, 4) is 11.5 Å². The third kappa shape index (κ3) is 2.96. The molecule has 21 heavy (non-hydrogen) atoms. The third-order valence-corrected chi connectivity index (χ3v) is 5.32. The Kier molecular flexibility index (Phi) is 4.52. The molecule has 1 aliphatic rings. The summed E-state index contributed by atoms with van der Waals surface area (Å²) in [7, 11) is 0. The molecule has 3 nitrogen and oxygen atoms in total. The Bertz CT molecular complexity index is 641. The molecule has 0 saturated heterocycles. The second-order valence-electron chi connectivity index (χ2n) is 4.98. The van der Waals surface area contributed by atoms with E-state index < -0.39 is 0 Å². The van der Waals surface area contributed by atoms with E-state index in [-0.39, 0.29) is 6.04 Å².